The van der Waals surface area contributed by atoms with E-state index in [9.17, 15) is 4.79 Å². The molecule has 0 aromatic heterocycles. The highest BCUT2D eigenvalue weighted by molar-refractivity contribution is 9.11. The van der Waals surface area contributed by atoms with Crippen molar-refractivity contribution in [3.63, 3.8) is 0 Å². The van der Waals surface area contributed by atoms with Gasteiger partial charge in [-0.1, -0.05) is 62.2 Å². The molecule has 0 aliphatic carbocycles. The molecule has 3 rings (SSSR count). The molecule has 23 heavy (non-hydrogen) atoms. The third-order valence-corrected chi connectivity index (χ3v) is 5.01. The third kappa shape index (κ3) is 3.84. The maximum Gasteiger partial charge on any atom is 0.339 e. The van der Waals surface area contributed by atoms with Crippen LogP contribution in [0, 0.1) is 0 Å². The Labute approximate surface area is 152 Å². The lowest BCUT2D eigenvalue weighted by Gasteiger charge is -2.37. The number of carbonyl (C=O) groups is 1. The molecule has 1 aliphatic heterocycles. The second-order valence-electron chi connectivity index (χ2n) is 5.66. The molecule has 3 nitrogen and oxygen atoms in total. The van der Waals surface area contributed by atoms with Gasteiger partial charge in [0.25, 0.3) is 0 Å². The number of benzene rings is 2. The lowest BCUT2D eigenvalue weighted by Crippen LogP contribution is -2.43. The molecule has 5 heteroatoms. The summed E-state index contributed by atoms with van der Waals surface area (Å²) >= 11 is 6.83. The maximum absolute atomic E-state index is 12.7. The molecule has 1 saturated heterocycles. The van der Waals surface area contributed by atoms with Crippen LogP contribution in [0.4, 0.5) is 0 Å². The average molecular weight is 439 g/mol. The molecule has 2 aromatic rings. The van der Waals surface area contributed by atoms with Crippen molar-refractivity contribution in [2.45, 2.75) is 18.4 Å². The lowest BCUT2D eigenvalue weighted by molar-refractivity contribution is -0.0378. The van der Waals surface area contributed by atoms with Crippen LogP contribution in [-0.2, 0) is 10.3 Å². The second-order valence-corrected chi connectivity index (χ2v) is 7.49. The molecule has 0 saturated carbocycles. The Morgan fingerprint density at radius 3 is 2.22 bits per heavy atom. The van der Waals surface area contributed by atoms with Gasteiger partial charge < -0.3 is 10.1 Å². The molecule has 1 heterocycles. The van der Waals surface area contributed by atoms with E-state index in [0.29, 0.717) is 5.56 Å². The van der Waals surface area contributed by atoms with Gasteiger partial charge in [-0.25, -0.2) is 4.79 Å². The van der Waals surface area contributed by atoms with Crippen LogP contribution in [0.1, 0.15) is 28.8 Å². The molecule has 0 radical (unpaired) electrons. The first-order valence-corrected chi connectivity index (χ1v) is 9.13. The largest absolute Gasteiger partial charge is 0.450 e. The van der Waals surface area contributed by atoms with E-state index in [0.717, 1.165) is 40.4 Å². The van der Waals surface area contributed by atoms with E-state index in [1.54, 1.807) is 12.1 Å². The predicted octanol–water partition coefficient (Wildman–Crippen LogP) is 4.65. The van der Waals surface area contributed by atoms with Crippen molar-refractivity contribution in [1.29, 1.82) is 0 Å². The summed E-state index contributed by atoms with van der Waals surface area (Å²) in [5, 5.41) is 3.33. The highest BCUT2D eigenvalue weighted by Crippen LogP contribution is 2.36. The SMILES string of the molecule is O=C(OC1(c2ccccc2)CCNCC1)c1cc(Br)cc(Br)c1. The van der Waals surface area contributed by atoms with Crippen LogP contribution in [0.25, 0.3) is 0 Å². The van der Waals surface area contributed by atoms with Crippen molar-refractivity contribution in [1.82, 2.24) is 5.32 Å². The Morgan fingerprint density at radius 1 is 1.00 bits per heavy atom. The van der Waals surface area contributed by atoms with E-state index >= 15 is 0 Å². The van der Waals surface area contributed by atoms with Gasteiger partial charge in [-0.3, -0.25) is 0 Å². The number of piperidine rings is 1. The quantitative estimate of drug-likeness (QED) is 0.709. The second kappa shape index (κ2) is 7.16. The molecular weight excluding hydrogens is 422 g/mol. The van der Waals surface area contributed by atoms with E-state index in [2.05, 4.69) is 37.2 Å². The molecule has 1 N–H and O–H groups in total. The average Bonchev–Trinajstić information content (AvgIpc) is 2.55. The smallest absolute Gasteiger partial charge is 0.339 e. The van der Waals surface area contributed by atoms with Gasteiger partial charge in [-0.15, -0.1) is 0 Å². The van der Waals surface area contributed by atoms with Crippen molar-refractivity contribution in [2.75, 3.05) is 13.1 Å². The van der Waals surface area contributed by atoms with E-state index in [4.69, 9.17) is 4.74 Å². The van der Waals surface area contributed by atoms with E-state index in [-0.39, 0.29) is 5.97 Å². The molecule has 0 bridgehead atoms. The van der Waals surface area contributed by atoms with Gasteiger partial charge in [0.2, 0.25) is 0 Å². The minimum Gasteiger partial charge on any atom is -0.450 e. The fraction of sp³-hybridized carbons (Fsp3) is 0.278. The zero-order valence-electron chi connectivity index (χ0n) is 12.5. The zero-order chi connectivity index (χ0) is 16.3. The highest BCUT2D eigenvalue weighted by Gasteiger charge is 2.38. The van der Waals surface area contributed by atoms with Gasteiger partial charge >= 0.3 is 5.97 Å². The number of rotatable bonds is 3. The van der Waals surface area contributed by atoms with Gasteiger partial charge in [0.05, 0.1) is 5.56 Å². The molecule has 0 unspecified atom stereocenters. The minimum absolute atomic E-state index is 0.294. The first kappa shape index (κ1) is 16.7. The lowest BCUT2D eigenvalue weighted by atomic mass is 9.84. The summed E-state index contributed by atoms with van der Waals surface area (Å²) in [5.74, 6) is -0.294. The number of nitrogens with one attached hydrogen (secondary N) is 1. The Balaban J connectivity index is 1.91. The van der Waals surface area contributed by atoms with Crippen LogP contribution in [0.3, 0.4) is 0 Å². The Bertz CT molecular complexity index is 677. The summed E-state index contributed by atoms with van der Waals surface area (Å²) < 4.78 is 7.73. The molecule has 0 spiro atoms. The Kier molecular flexibility index (Phi) is 5.19. The van der Waals surface area contributed by atoms with Gasteiger partial charge in [0.15, 0.2) is 0 Å². The van der Waals surface area contributed by atoms with Gasteiger partial charge in [-0.05, 0) is 36.9 Å². The summed E-state index contributed by atoms with van der Waals surface area (Å²) in [7, 11) is 0. The molecule has 0 amide bonds. The van der Waals surface area contributed by atoms with Crippen LogP contribution in [0.5, 0.6) is 0 Å². The van der Waals surface area contributed by atoms with Crippen molar-refractivity contribution in [3.8, 4) is 0 Å². The van der Waals surface area contributed by atoms with Crippen molar-refractivity contribution in [3.05, 3.63) is 68.6 Å². The number of halogens is 2. The summed E-state index contributed by atoms with van der Waals surface area (Å²) in [6, 6.07) is 15.5. The topological polar surface area (TPSA) is 38.3 Å². The van der Waals surface area contributed by atoms with Crippen LogP contribution < -0.4 is 5.32 Å². The number of esters is 1. The fourth-order valence-corrected chi connectivity index (χ4v) is 4.22. The summed E-state index contributed by atoms with van der Waals surface area (Å²) in [4.78, 5) is 12.7. The molecule has 1 aliphatic rings. The fourth-order valence-electron chi connectivity index (χ4n) is 2.93. The van der Waals surface area contributed by atoms with Gasteiger partial charge in [-0.2, -0.15) is 0 Å². The predicted molar refractivity (Wildman–Crippen MR) is 97.5 cm³/mol. The summed E-state index contributed by atoms with van der Waals surface area (Å²) in [5.41, 5.74) is 1.04. The highest BCUT2D eigenvalue weighted by atomic mass is 79.9. The van der Waals surface area contributed by atoms with E-state index in [1.165, 1.54) is 0 Å². The maximum atomic E-state index is 12.7. The Hall–Kier alpha value is -1.17. The van der Waals surface area contributed by atoms with Crippen LogP contribution in [0.2, 0.25) is 0 Å². The van der Waals surface area contributed by atoms with Crippen LogP contribution >= 0.6 is 31.9 Å². The first-order valence-electron chi connectivity index (χ1n) is 7.55. The molecule has 2 aromatic carbocycles. The normalized spacial score (nSPS) is 16.8. The number of hydrogen-bond acceptors (Lipinski definition) is 3. The Morgan fingerprint density at radius 2 is 1.61 bits per heavy atom. The summed E-state index contributed by atoms with van der Waals surface area (Å²) in [6.07, 6.45) is 1.55. The van der Waals surface area contributed by atoms with Crippen LogP contribution in [-0.4, -0.2) is 19.1 Å². The number of hydrogen-bond donors (Lipinski definition) is 1. The standard InChI is InChI=1S/C18H17Br2NO2/c19-15-10-13(11-16(20)12-15)17(22)23-18(6-8-21-9-7-18)14-4-2-1-3-5-14/h1-5,10-12,21H,6-9H2. The molecule has 120 valence electrons. The van der Waals surface area contributed by atoms with Gasteiger partial charge in [0.1, 0.15) is 5.60 Å². The van der Waals surface area contributed by atoms with E-state index in [1.807, 2.05) is 36.4 Å². The number of carbonyl (C=O) groups excluding carboxylic acids is 1. The minimum atomic E-state index is -0.557. The number of ether oxygens (including phenoxy) is 1. The molecule has 1 fully saturated rings. The van der Waals surface area contributed by atoms with Gasteiger partial charge in [0, 0.05) is 21.8 Å². The zero-order valence-corrected chi connectivity index (χ0v) is 15.7. The van der Waals surface area contributed by atoms with Crippen molar-refractivity contribution in [2.24, 2.45) is 0 Å². The molecule has 0 atom stereocenters. The first-order chi connectivity index (χ1) is 11.1. The van der Waals surface area contributed by atoms with Crippen molar-refractivity contribution >= 4 is 37.8 Å². The van der Waals surface area contributed by atoms with Crippen molar-refractivity contribution < 1.29 is 9.53 Å². The van der Waals surface area contributed by atoms with E-state index < -0.39 is 5.60 Å². The monoisotopic (exact) mass is 437 g/mol. The van der Waals surface area contributed by atoms with Crippen LogP contribution in [0.15, 0.2) is 57.5 Å². The summed E-state index contributed by atoms with van der Waals surface area (Å²) in [6.45, 7) is 1.68. The molecular formula is C18H17Br2NO2. The third-order valence-electron chi connectivity index (χ3n) is 4.10.